The van der Waals surface area contributed by atoms with E-state index in [2.05, 4.69) is 5.32 Å². The molecule has 9 heteroatoms. The first-order chi connectivity index (χ1) is 12.5. The molecule has 0 radical (unpaired) electrons. The molecule has 1 saturated heterocycles. The third kappa shape index (κ3) is 4.95. The molecule has 2 rings (SSSR count). The van der Waals surface area contributed by atoms with E-state index in [0.29, 0.717) is 42.6 Å². The summed E-state index contributed by atoms with van der Waals surface area (Å²) in [5, 5.41) is 3.01. The van der Waals surface area contributed by atoms with Crippen molar-refractivity contribution in [2.75, 3.05) is 60.0 Å². The minimum Gasteiger partial charge on any atom is -0.493 e. The van der Waals surface area contributed by atoms with Crippen molar-refractivity contribution in [2.24, 2.45) is 5.92 Å². The van der Waals surface area contributed by atoms with E-state index >= 15 is 0 Å². The fourth-order valence-corrected chi connectivity index (χ4v) is 3.05. The summed E-state index contributed by atoms with van der Waals surface area (Å²) in [5.74, 6) is 0.919. The minimum atomic E-state index is -0.358. The first-order valence-electron chi connectivity index (χ1n) is 8.46. The number of anilines is 1. The van der Waals surface area contributed by atoms with E-state index in [1.807, 2.05) is 7.05 Å². The molecule has 0 aliphatic carbocycles. The Morgan fingerprint density at radius 1 is 1.22 bits per heavy atom. The van der Waals surface area contributed by atoms with Crippen LogP contribution < -0.4 is 24.4 Å². The van der Waals surface area contributed by atoms with Gasteiger partial charge >= 0.3 is 0 Å². The summed E-state index contributed by atoms with van der Waals surface area (Å²) in [6.45, 7) is 1.64. The van der Waals surface area contributed by atoms with Crippen LogP contribution in [0, 0.1) is 5.92 Å². The Balaban J connectivity index is 0.00000364. The predicted octanol–water partition coefficient (Wildman–Crippen LogP) is 1.16. The number of likely N-dealkylation sites (N-methyl/N-ethyl adjacent to an activating group) is 2. The molecule has 1 N–H and O–H groups in total. The van der Waals surface area contributed by atoms with E-state index in [-0.39, 0.29) is 36.6 Å². The first-order valence-corrected chi connectivity index (χ1v) is 8.46. The summed E-state index contributed by atoms with van der Waals surface area (Å²) in [6, 6.07) is 3.44. The van der Waals surface area contributed by atoms with Crippen LogP contribution in [0.4, 0.5) is 5.69 Å². The third-order valence-electron chi connectivity index (χ3n) is 4.51. The highest BCUT2D eigenvalue weighted by Gasteiger charge is 2.37. The fraction of sp³-hybridized carbons (Fsp3) is 0.556. The number of nitrogens with one attached hydrogen (secondary N) is 1. The first kappa shape index (κ1) is 22.9. The molecule has 1 fully saturated rings. The average molecular weight is 402 g/mol. The number of carbonyl (C=O) groups is 2. The third-order valence-corrected chi connectivity index (χ3v) is 4.51. The molecule has 0 aromatic heterocycles. The van der Waals surface area contributed by atoms with Crippen LogP contribution in [0.5, 0.6) is 17.2 Å². The van der Waals surface area contributed by atoms with Crippen molar-refractivity contribution < 1.29 is 23.8 Å². The van der Waals surface area contributed by atoms with Gasteiger partial charge in [0.15, 0.2) is 11.5 Å². The van der Waals surface area contributed by atoms with Gasteiger partial charge in [0.1, 0.15) is 0 Å². The lowest BCUT2D eigenvalue weighted by atomic mass is 10.1. The summed E-state index contributed by atoms with van der Waals surface area (Å²) in [6.07, 6.45) is 0.194. The number of hydrogen-bond donors (Lipinski definition) is 1. The smallest absolute Gasteiger partial charge is 0.227 e. The molecule has 1 unspecified atom stereocenters. The molecular weight excluding hydrogens is 374 g/mol. The van der Waals surface area contributed by atoms with Gasteiger partial charge in [0.05, 0.1) is 32.9 Å². The lowest BCUT2D eigenvalue weighted by Crippen LogP contribution is -2.38. The molecule has 0 spiro atoms. The van der Waals surface area contributed by atoms with Gasteiger partial charge in [-0.2, -0.15) is 0 Å². The number of carbonyl (C=O) groups excluding carboxylic acids is 2. The van der Waals surface area contributed by atoms with Gasteiger partial charge in [0.2, 0.25) is 17.6 Å². The summed E-state index contributed by atoms with van der Waals surface area (Å²) in [7, 11) is 8.17. The zero-order chi connectivity index (χ0) is 19.3. The highest BCUT2D eigenvalue weighted by atomic mass is 35.5. The summed E-state index contributed by atoms with van der Waals surface area (Å²) in [5.41, 5.74) is 0.623. The van der Waals surface area contributed by atoms with Gasteiger partial charge in [0.25, 0.3) is 0 Å². The number of rotatable bonds is 8. The molecule has 1 heterocycles. The van der Waals surface area contributed by atoms with E-state index in [0.717, 1.165) is 0 Å². The van der Waals surface area contributed by atoms with Gasteiger partial charge < -0.3 is 29.3 Å². The molecule has 0 bridgehead atoms. The van der Waals surface area contributed by atoms with E-state index in [4.69, 9.17) is 14.2 Å². The normalized spacial score (nSPS) is 16.0. The number of halogens is 1. The molecule has 1 aromatic rings. The van der Waals surface area contributed by atoms with Crippen LogP contribution in [-0.4, -0.2) is 71.8 Å². The second-order valence-corrected chi connectivity index (χ2v) is 6.15. The van der Waals surface area contributed by atoms with Gasteiger partial charge in [-0.1, -0.05) is 0 Å². The Hall–Kier alpha value is -2.19. The molecule has 152 valence electrons. The van der Waals surface area contributed by atoms with Gasteiger partial charge in [-0.15, -0.1) is 12.4 Å². The number of ether oxygens (including phenoxy) is 3. The van der Waals surface area contributed by atoms with Gasteiger partial charge in [0, 0.05) is 45.2 Å². The number of benzene rings is 1. The zero-order valence-electron chi connectivity index (χ0n) is 16.4. The monoisotopic (exact) mass is 401 g/mol. The highest BCUT2D eigenvalue weighted by molar-refractivity contribution is 6.00. The lowest BCUT2D eigenvalue weighted by Gasteiger charge is -2.22. The molecule has 1 atom stereocenters. The molecule has 0 saturated carbocycles. The predicted molar refractivity (Wildman–Crippen MR) is 105 cm³/mol. The summed E-state index contributed by atoms with van der Waals surface area (Å²) < 4.78 is 16.0. The SMILES string of the molecule is CNCCN(C)C(=O)C1CC(=O)N(c2cc(OC)c(OC)c(OC)c2)C1.Cl. The Bertz CT molecular complexity index is 645. The lowest BCUT2D eigenvalue weighted by molar-refractivity contribution is -0.134. The average Bonchev–Trinajstić information content (AvgIpc) is 3.05. The topological polar surface area (TPSA) is 80.3 Å². The van der Waals surface area contributed by atoms with Crippen molar-refractivity contribution in [3.63, 3.8) is 0 Å². The van der Waals surface area contributed by atoms with Crippen LogP contribution in [-0.2, 0) is 9.59 Å². The van der Waals surface area contributed by atoms with Crippen molar-refractivity contribution in [3.05, 3.63) is 12.1 Å². The molecule has 8 nitrogen and oxygen atoms in total. The Kier molecular flexibility index (Phi) is 8.65. The molecule has 1 aliphatic heterocycles. The van der Waals surface area contributed by atoms with Crippen LogP contribution in [0.3, 0.4) is 0 Å². The second kappa shape index (κ2) is 10.2. The number of methoxy groups -OCH3 is 3. The van der Waals surface area contributed by atoms with Crippen LogP contribution in [0.15, 0.2) is 12.1 Å². The zero-order valence-corrected chi connectivity index (χ0v) is 17.2. The van der Waals surface area contributed by atoms with Crippen molar-refractivity contribution in [1.29, 1.82) is 0 Å². The van der Waals surface area contributed by atoms with Gasteiger partial charge in [-0.05, 0) is 7.05 Å². The van der Waals surface area contributed by atoms with E-state index in [1.165, 1.54) is 21.3 Å². The molecule has 2 amide bonds. The van der Waals surface area contributed by atoms with Crippen molar-refractivity contribution in [3.8, 4) is 17.2 Å². The molecule has 1 aliphatic rings. The largest absolute Gasteiger partial charge is 0.493 e. The maximum atomic E-state index is 12.6. The van der Waals surface area contributed by atoms with Crippen LogP contribution >= 0.6 is 12.4 Å². The standard InChI is InChI=1S/C18H27N3O5.ClH/c1-19-6-7-20(2)18(23)12-8-16(22)21(11-12)13-9-14(24-3)17(26-5)15(10-13)25-4;/h9-10,12,19H,6-8,11H2,1-5H3;1H. The Labute approximate surface area is 166 Å². The van der Waals surface area contributed by atoms with E-state index < -0.39 is 0 Å². The quantitative estimate of drug-likeness (QED) is 0.704. The molecule has 27 heavy (non-hydrogen) atoms. The Morgan fingerprint density at radius 3 is 2.30 bits per heavy atom. The van der Waals surface area contributed by atoms with Crippen LogP contribution in [0.2, 0.25) is 0 Å². The molecule has 1 aromatic carbocycles. The summed E-state index contributed by atoms with van der Waals surface area (Å²) >= 11 is 0. The van der Waals surface area contributed by atoms with Crippen LogP contribution in [0.1, 0.15) is 6.42 Å². The summed E-state index contributed by atoms with van der Waals surface area (Å²) in [4.78, 5) is 28.3. The van der Waals surface area contributed by atoms with E-state index in [1.54, 1.807) is 29.0 Å². The number of amides is 2. The fourth-order valence-electron chi connectivity index (χ4n) is 3.05. The number of nitrogens with zero attached hydrogens (tertiary/aromatic N) is 2. The van der Waals surface area contributed by atoms with Crippen molar-refractivity contribution >= 4 is 29.9 Å². The van der Waals surface area contributed by atoms with Crippen LogP contribution in [0.25, 0.3) is 0 Å². The van der Waals surface area contributed by atoms with Crippen molar-refractivity contribution in [2.45, 2.75) is 6.42 Å². The number of hydrogen-bond acceptors (Lipinski definition) is 6. The van der Waals surface area contributed by atoms with E-state index in [9.17, 15) is 9.59 Å². The molecular formula is C18H28ClN3O5. The van der Waals surface area contributed by atoms with Crippen molar-refractivity contribution in [1.82, 2.24) is 10.2 Å². The maximum Gasteiger partial charge on any atom is 0.227 e. The maximum absolute atomic E-state index is 12.6. The highest BCUT2D eigenvalue weighted by Crippen LogP contribution is 2.42. The second-order valence-electron chi connectivity index (χ2n) is 6.15. The Morgan fingerprint density at radius 2 is 1.81 bits per heavy atom. The minimum absolute atomic E-state index is 0. The van der Waals surface area contributed by atoms with Gasteiger partial charge in [-0.3, -0.25) is 9.59 Å². The van der Waals surface area contributed by atoms with Gasteiger partial charge in [-0.25, -0.2) is 0 Å².